The third-order valence-corrected chi connectivity index (χ3v) is 5.29. The molecule has 0 radical (unpaired) electrons. The van der Waals surface area contributed by atoms with E-state index in [2.05, 4.69) is 28.6 Å². The highest BCUT2D eigenvalue weighted by Crippen LogP contribution is 2.25. The molecule has 3 atom stereocenters. The van der Waals surface area contributed by atoms with Crippen molar-refractivity contribution in [2.24, 2.45) is 17.6 Å². The first kappa shape index (κ1) is 22.1. The molecule has 0 bridgehead atoms. The van der Waals surface area contributed by atoms with E-state index in [0.717, 1.165) is 29.9 Å². The van der Waals surface area contributed by atoms with E-state index >= 15 is 0 Å². The standard InChI is InChI=1S/C17H18N4O2.C6H10N2/c18-7-9-20-11-16-12-21(17(22)23-16)15-5-3-13(4-6-15)14-2-1-8-19-10-14;1-5-3-8-4-6(5)2-7/h1-10,16,20H,11-12,18H2;5-6,8H,3-4H2,1H3/b9-7-;/t;5-,6?/m.1/s1. The van der Waals surface area contributed by atoms with Gasteiger partial charge in [-0.1, -0.05) is 25.1 Å². The van der Waals surface area contributed by atoms with Crippen LogP contribution in [0.25, 0.3) is 11.1 Å². The molecule has 1 amide bonds. The second kappa shape index (κ2) is 11.0. The predicted octanol–water partition coefficient (Wildman–Crippen LogP) is 2.46. The molecule has 4 rings (SSSR count). The van der Waals surface area contributed by atoms with Crippen LogP contribution in [0, 0.1) is 23.2 Å². The SMILES string of the molecule is C[C@@H]1CNCC1C#N.N/C=C\NCC1CN(c2ccc(-c3cccnc3)cc2)C(=O)O1. The second-order valence-electron chi connectivity index (χ2n) is 7.54. The lowest BCUT2D eigenvalue weighted by Gasteiger charge is -2.13. The molecule has 2 fully saturated rings. The van der Waals surface area contributed by atoms with E-state index in [-0.39, 0.29) is 18.1 Å². The summed E-state index contributed by atoms with van der Waals surface area (Å²) >= 11 is 0. The molecule has 1 aromatic carbocycles. The van der Waals surface area contributed by atoms with Crippen molar-refractivity contribution >= 4 is 11.8 Å². The lowest BCUT2D eigenvalue weighted by atomic mass is 10.0. The number of carbonyl (C=O) groups is 1. The fourth-order valence-corrected chi connectivity index (χ4v) is 3.46. The molecule has 1 aromatic heterocycles. The molecule has 2 aromatic rings. The van der Waals surface area contributed by atoms with Gasteiger partial charge in [-0.25, -0.2) is 4.79 Å². The van der Waals surface area contributed by atoms with E-state index in [4.69, 9.17) is 15.7 Å². The number of carbonyl (C=O) groups excluding carboxylic acids is 1. The largest absolute Gasteiger partial charge is 0.442 e. The van der Waals surface area contributed by atoms with Crippen LogP contribution in [0.2, 0.25) is 0 Å². The molecule has 8 heteroatoms. The summed E-state index contributed by atoms with van der Waals surface area (Å²) in [7, 11) is 0. The minimum Gasteiger partial charge on any atom is -0.442 e. The summed E-state index contributed by atoms with van der Waals surface area (Å²) in [5, 5.41) is 14.6. The molecule has 0 spiro atoms. The van der Waals surface area contributed by atoms with Gasteiger partial charge in [-0.2, -0.15) is 5.26 Å². The van der Waals surface area contributed by atoms with E-state index in [1.807, 2.05) is 42.6 Å². The van der Waals surface area contributed by atoms with Crippen LogP contribution in [0.1, 0.15) is 6.92 Å². The summed E-state index contributed by atoms with van der Waals surface area (Å²) in [5.41, 5.74) is 8.17. The van der Waals surface area contributed by atoms with Crippen molar-refractivity contribution in [3.8, 4) is 17.2 Å². The first-order valence-corrected chi connectivity index (χ1v) is 10.3. The number of ether oxygens (including phenoxy) is 1. The maximum atomic E-state index is 12.0. The minimum atomic E-state index is -0.331. The Kier molecular flexibility index (Phi) is 7.85. The number of aromatic nitrogens is 1. The topological polar surface area (TPSA) is 116 Å². The van der Waals surface area contributed by atoms with E-state index in [1.54, 1.807) is 17.3 Å². The lowest BCUT2D eigenvalue weighted by Crippen LogP contribution is -2.28. The van der Waals surface area contributed by atoms with Crippen molar-refractivity contribution in [2.45, 2.75) is 13.0 Å². The zero-order valence-corrected chi connectivity index (χ0v) is 17.6. The third-order valence-electron chi connectivity index (χ3n) is 5.29. The average molecular weight is 421 g/mol. The number of benzene rings is 1. The number of hydrogen-bond acceptors (Lipinski definition) is 7. The van der Waals surface area contributed by atoms with Crippen LogP contribution in [0.3, 0.4) is 0 Å². The van der Waals surface area contributed by atoms with Gasteiger partial charge in [0.15, 0.2) is 0 Å². The Labute approximate surface area is 182 Å². The lowest BCUT2D eigenvalue weighted by molar-refractivity contribution is 0.142. The molecule has 31 heavy (non-hydrogen) atoms. The number of pyridine rings is 1. The van der Waals surface area contributed by atoms with Gasteiger partial charge in [0.25, 0.3) is 0 Å². The second-order valence-corrected chi connectivity index (χ2v) is 7.54. The number of nitrogens with two attached hydrogens (primary N) is 1. The Morgan fingerprint density at radius 1 is 1.32 bits per heavy atom. The van der Waals surface area contributed by atoms with Crippen LogP contribution < -0.4 is 21.3 Å². The molecule has 0 aliphatic carbocycles. The van der Waals surface area contributed by atoms with Gasteiger partial charge >= 0.3 is 6.09 Å². The smallest absolute Gasteiger partial charge is 0.414 e. The zero-order valence-electron chi connectivity index (χ0n) is 17.6. The van der Waals surface area contributed by atoms with E-state index in [9.17, 15) is 4.79 Å². The molecule has 8 nitrogen and oxygen atoms in total. The van der Waals surface area contributed by atoms with Crippen molar-refractivity contribution in [2.75, 3.05) is 31.1 Å². The first-order valence-electron chi connectivity index (χ1n) is 10.3. The summed E-state index contributed by atoms with van der Waals surface area (Å²) in [6.45, 7) is 5.05. The number of nitrogens with one attached hydrogen (secondary N) is 2. The van der Waals surface area contributed by atoms with Gasteiger partial charge in [-0.15, -0.1) is 0 Å². The monoisotopic (exact) mass is 420 g/mol. The first-order chi connectivity index (χ1) is 15.1. The Balaban J connectivity index is 0.000000287. The van der Waals surface area contributed by atoms with Gasteiger partial charge in [0, 0.05) is 37.0 Å². The minimum absolute atomic E-state index is 0.198. The van der Waals surface area contributed by atoms with Crippen LogP contribution in [0.4, 0.5) is 10.5 Å². The van der Waals surface area contributed by atoms with Crippen molar-refractivity contribution in [1.29, 1.82) is 5.26 Å². The van der Waals surface area contributed by atoms with Gasteiger partial charge in [-0.3, -0.25) is 9.88 Å². The molecular formula is C23H28N6O2. The summed E-state index contributed by atoms with van der Waals surface area (Å²) in [6.07, 6.45) is 6.06. The zero-order chi connectivity index (χ0) is 22.1. The predicted molar refractivity (Wildman–Crippen MR) is 120 cm³/mol. The Morgan fingerprint density at radius 2 is 2.13 bits per heavy atom. The van der Waals surface area contributed by atoms with Gasteiger partial charge in [-0.05, 0) is 41.8 Å². The van der Waals surface area contributed by atoms with E-state index in [1.165, 1.54) is 6.20 Å². The third kappa shape index (κ3) is 5.96. The van der Waals surface area contributed by atoms with Crippen LogP contribution in [-0.2, 0) is 4.74 Å². The van der Waals surface area contributed by atoms with Crippen LogP contribution in [0.15, 0.2) is 61.2 Å². The Morgan fingerprint density at radius 3 is 2.71 bits per heavy atom. The summed E-state index contributed by atoms with van der Waals surface area (Å²) < 4.78 is 5.33. The van der Waals surface area contributed by atoms with Gasteiger partial charge in [0.1, 0.15) is 6.10 Å². The molecule has 2 unspecified atom stereocenters. The van der Waals surface area contributed by atoms with Gasteiger partial charge in [0.05, 0.1) is 25.1 Å². The fourth-order valence-electron chi connectivity index (χ4n) is 3.46. The van der Waals surface area contributed by atoms with Gasteiger partial charge in [0.2, 0.25) is 0 Å². The summed E-state index contributed by atoms with van der Waals surface area (Å²) in [6, 6.07) is 13.9. The molecule has 2 aliphatic heterocycles. The van der Waals surface area contributed by atoms with Crippen LogP contribution >= 0.6 is 0 Å². The number of nitrogens with zero attached hydrogens (tertiary/aromatic N) is 3. The van der Waals surface area contributed by atoms with Crippen molar-refractivity contribution in [3.05, 3.63) is 61.2 Å². The molecule has 0 saturated carbocycles. The van der Waals surface area contributed by atoms with Crippen molar-refractivity contribution < 1.29 is 9.53 Å². The van der Waals surface area contributed by atoms with Crippen molar-refractivity contribution in [1.82, 2.24) is 15.6 Å². The van der Waals surface area contributed by atoms with E-state index in [0.29, 0.717) is 19.0 Å². The molecule has 2 saturated heterocycles. The molecule has 2 aliphatic rings. The highest BCUT2D eigenvalue weighted by atomic mass is 16.6. The number of cyclic esters (lactones) is 1. The number of amides is 1. The highest BCUT2D eigenvalue weighted by Gasteiger charge is 2.31. The number of anilines is 1. The quantitative estimate of drug-likeness (QED) is 0.680. The van der Waals surface area contributed by atoms with Crippen LogP contribution in [0.5, 0.6) is 0 Å². The fraction of sp³-hybridized carbons (Fsp3) is 0.348. The highest BCUT2D eigenvalue weighted by molar-refractivity contribution is 5.90. The van der Waals surface area contributed by atoms with Gasteiger partial charge < -0.3 is 21.1 Å². The summed E-state index contributed by atoms with van der Waals surface area (Å²) in [4.78, 5) is 17.7. The van der Waals surface area contributed by atoms with Crippen molar-refractivity contribution in [3.63, 3.8) is 0 Å². The van der Waals surface area contributed by atoms with E-state index < -0.39 is 0 Å². The molecule has 3 heterocycles. The Hall–Kier alpha value is -3.57. The molecule has 162 valence electrons. The maximum Gasteiger partial charge on any atom is 0.414 e. The molecule has 4 N–H and O–H groups in total. The maximum absolute atomic E-state index is 12.0. The normalized spacial score (nSPS) is 22.5. The molecular weight excluding hydrogens is 392 g/mol. The Bertz CT molecular complexity index is 910. The van der Waals surface area contributed by atoms with Crippen LogP contribution in [-0.4, -0.2) is 43.4 Å². The number of nitriles is 1. The number of hydrogen-bond donors (Lipinski definition) is 3. The average Bonchev–Trinajstić information content (AvgIpc) is 3.40. The number of rotatable bonds is 5. The summed E-state index contributed by atoms with van der Waals surface area (Å²) in [5.74, 6) is 0.815.